The van der Waals surface area contributed by atoms with E-state index in [4.69, 9.17) is 60.8 Å². The fourth-order valence-electron chi connectivity index (χ4n) is 17.2. The summed E-state index contributed by atoms with van der Waals surface area (Å²) in [6.07, 6.45) is 39.9. The second-order valence-electron chi connectivity index (χ2n) is 45.2. The number of allylic oxidation sites excluding steroid dienone is 5. The molecule has 854 valence electrons. The van der Waals surface area contributed by atoms with Gasteiger partial charge in [-0.25, -0.2) is 17.4 Å². The van der Waals surface area contributed by atoms with E-state index >= 15 is 0 Å². The second kappa shape index (κ2) is 72.7. The van der Waals surface area contributed by atoms with Crippen molar-refractivity contribution in [1.82, 2.24) is 35.1 Å². The molecule has 12 atom stereocenters. The Bertz CT molecular complexity index is 3930. The molecule has 0 bridgehead atoms. The van der Waals surface area contributed by atoms with E-state index < -0.39 is 50.9 Å². The molecule has 1 amide bonds. The third-order valence-electron chi connectivity index (χ3n) is 31.0. The van der Waals surface area contributed by atoms with Crippen molar-refractivity contribution in [2.75, 3.05) is 152 Å². The van der Waals surface area contributed by atoms with Gasteiger partial charge >= 0.3 is 41.9 Å². The third-order valence-corrected chi connectivity index (χ3v) is 49.0. The molecule has 7 aliphatic rings. The summed E-state index contributed by atoms with van der Waals surface area (Å²) < 4.78 is 81.7. The summed E-state index contributed by atoms with van der Waals surface area (Å²) in [5.74, 6) is -2.08. The Kier molecular flexibility index (Phi) is 70.2. The molecule has 0 aliphatic carbocycles. The molecule has 7 heterocycles. The zero-order valence-corrected chi connectivity index (χ0v) is 106. The summed E-state index contributed by atoms with van der Waals surface area (Å²) in [7, 11) is 16.4. The molecule has 1 aromatic carbocycles. The maximum atomic E-state index is 12.7. The number of unbranched alkanes of at least 4 members (excludes halogenated alkanes) is 4. The Hall–Kier alpha value is -5.04. The molecule has 0 spiro atoms. The molecule has 32 nitrogen and oxygen atoms in total. The van der Waals surface area contributed by atoms with Crippen LogP contribution in [0.5, 0.6) is 0 Å². The van der Waals surface area contributed by atoms with E-state index in [0.29, 0.717) is 69.4 Å². The Morgan fingerprint density at radius 1 is 0.419 bits per heavy atom. The van der Waals surface area contributed by atoms with Crippen molar-refractivity contribution in [2.45, 2.75) is 414 Å². The minimum absolute atomic E-state index is 0. The first-order valence-corrected chi connectivity index (χ1v) is 64.9. The predicted octanol–water partition coefficient (Wildman–Crippen LogP) is 18.7. The summed E-state index contributed by atoms with van der Waals surface area (Å²) in [5.41, 5.74) is 0.925. The van der Waals surface area contributed by atoms with Gasteiger partial charge in [-0.05, 0) is 228 Å². The van der Waals surface area contributed by atoms with E-state index in [-0.39, 0.29) is 155 Å². The molecule has 4 N–H and O–H groups in total. The normalized spacial score (nSPS) is 22.7. The maximum absolute atomic E-state index is 12.7. The van der Waals surface area contributed by atoms with Crippen molar-refractivity contribution in [1.29, 1.82) is 0 Å². The number of amides is 1. The molecular formula is C111H204N7O25Si4U-. The van der Waals surface area contributed by atoms with E-state index in [0.717, 1.165) is 173 Å². The van der Waals surface area contributed by atoms with Crippen LogP contribution in [0.15, 0.2) is 91.6 Å². The monoisotopic (exact) mass is 2390 g/mol. The van der Waals surface area contributed by atoms with Gasteiger partial charge in [0.15, 0.2) is 44.8 Å². The van der Waals surface area contributed by atoms with Gasteiger partial charge in [0.25, 0.3) is 0 Å². The van der Waals surface area contributed by atoms with Crippen molar-refractivity contribution < 1.29 is 149 Å². The number of ether oxygens (including phenoxy) is 11. The zero-order valence-electron chi connectivity index (χ0n) is 98.0. The number of hydrogen-bond donors (Lipinski definition) is 4. The van der Waals surface area contributed by atoms with Crippen LogP contribution in [0.1, 0.15) is 256 Å². The number of likely N-dealkylation sites (N-methyl/N-ethyl adjacent to an activating group) is 4. The zero-order chi connectivity index (χ0) is 112. The van der Waals surface area contributed by atoms with Crippen LogP contribution in [0.25, 0.3) is 0 Å². The van der Waals surface area contributed by atoms with Gasteiger partial charge in [0.2, 0.25) is 0 Å². The molecule has 0 saturated carbocycles. The number of methoxy groups -OCH3 is 10. The minimum atomic E-state index is -2.04. The van der Waals surface area contributed by atoms with Crippen LogP contribution in [-0.4, -0.2) is 352 Å². The molecule has 7 saturated heterocycles. The number of benzene rings is 1. The quantitative estimate of drug-likeness (QED) is 0.00688. The number of esters is 6. The fourth-order valence-corrected chi connectivity index (χ4v) is 22.8. The predicted molar refractivity (Wildman–Crippen MR) is 596 cm³/mol. The van der Waals surface area contributed by atoms with Crippen molar-refractivity contribution in [2.24, 2.45) is 0 Å². The van der Waals surface area contributed by atoms with E-state index in [1.54, 1.807) is 33.3 Å². The number of aliphatic hydroxyl groups excluding tert-OH is 2. The number of likely N-dealkylation sites (tertiary alicyclic amines) is 5. The topological polar surface area (TPSA) is 356 Å². The van der Waals surface area contributed by atoms with E-state index in [2.05, 4.69) is 261 Å². The van der Waals surface area contributed by atoms with Gasteiger partial charge in [0.1, 0.15) is 6.61 Å². The Morgan fingerprint density at radius 3 is 1.03 bits per heavy atom. The molecule has 7 aliphatic heterocycles. The van der Waals surface area contributed by atoms with Crippen molar-refractivity contribution >= 4 is 81.5 Å². The first kappa shape index (κ1) is 143. The van der Waals surface area contributed by atoms with Gasteiger partial charge in [0, 0.05) is 175 Å². The summed E-state index contributed by atoms with van der Waals surface area (Å²) >= 11 is 0. The van der Waals surface area contributed by atoms with Crippen LogP contribution in [0.3, 0.4) is 0 Å². The van der Waals surface area contributed by atoms with E-state index in [1.165, 1.54) is 48.9 Å². The van der Waals surface area contributed by atoms with Crippen molar-refractivity contribution in [3.63, 3.8) is 0 Å². The molecule has 7 fully saturated rings. The Labute approximate surface area is 922 Å². The van der Waals surface area contributed by atoms with Gasteiger partial charge < -0.3 is 120 Å². The summed E-state index contributed by atoms with van der Waals surface area (Å²) in [6, 6.07) is 10.8. The molecule has 8 unspecified atom stereocenters. The van der Waals surface area contributed by atoms with Crippen molar-refractivity contribution in [3.8, 4) is 0 Å². The SMILES string of the molecule is C=C[C-]=O.CN1CCC(O[Si](C)(C)C(C)(C)C)[C@@H]1CCO.COC(=O)CCC/C=C\CC1C(O)CCN1C.COC(=O)CCC/C=C\CC1C(O[Si](C)(C)C(C)(C)C)CCN1C.COC(=O)CCC/C=C\CC1NCCC1(OC)OC.COC(=O)CCC/C=C\C[C@@H]1NCCC1(OC)OC.COC(=O)C[C@H]1C(O[Si](C)(C)C(C)(C)C)CCN1C.COC(=O)C[C@H]1C(O[Si](C)(C)C(C)(C)C)CCN1C(=O)OCc1ccccc1.[U]. The smallest absolute Gasteiger partial charge is 0.410 e. The number of aliphatic hydroxyl groups is 2. The van der Waals surface area contributed by atoms with Crippen LogP contribution in [0, 0.1) is 31.1 Å². The molecule has 148 heavy (non-hydrogen) atoms. The Morgan fingerprint density at radius 2 is 0.709 bits per heavy atom. The summed E-state index contributed by atoms with van der Waals surface area (Å²) in [4.78, 5) is 99.7. The van der Waals surface area contributed by atoms with Gasteiger partial charge in [-0.1, -0.05) is 162 Å². The second-order valence-corrected chi connectivity index (χ2v) is 64.2. The van der Waals surface area contributed by atoms with Crippen LogP contribution >= 0.6 is 0 Å². The van der Waals surface area contributed by atoms with Crippen LogP contribution < -0.4 is 10.6 Å². The van der Waals surface area contributed by atoms with E-state index in [9.17, 15) is 38.7 Å². The molecular weight excluding hydrogens is 2180 g/mol. The average molecular weight is 2390 g/mol. The number of nitrogens with zero attached hydrogens (tertiary/aromatic N) is 5. The van der Waals surface area contributed by atoms with Gasteiger partial charge in [-0.2, -0.15) is 0 Å². The molecule has 1 aromatic rings. The average Bonchev–Trinajstić information content (AvgIpc) is 1.63. The molecule has 0 aromatic heterocycles. The number of carbonyl (C=O) groups excluding carboxylic acids is 8. The van der Waals surface area contributed by atoms with Crippen LogP contribution in [-0.2, 0) is 110 Å². The number of hydrogen-bond acceptors (Lipinski definition) is 31. The number of nitrogens with one attached hydrogen (secondary N) is 2. The van der Waals surface area contributed by atoms with Crippen LogP contribution in [0.2, 0.25) is 72.5 Å². The molecule has 8 rings (SSSR count). The van der Waals surface area contributed by atoms with Gasteiger partial charge in [-0.15, -0.1) is 0 Å². The maximum Gasteiger partial charge on any atom is 0.410 e. The first-order valence-electron chi connectivity index (χ1n) is 53.3. The third kappa shape index (κ3) is 51.8. The van der Waals surface area contributed by atoms with Gasteiger partial charge in [0.05, 0.1) is 104 Å². The fraction of sp³-hybridized carbons (Fsp3) is 0.784. The summed E-state index contributed by atoms with van der Waals surface area (Å²) in [5, 5.41) is 26.4. The molecule has 0 radical (unpaired) electrons. The number of carbonyl (C=O) groups is 7. The van der Waals surface area contributed by atoms with Gasteiger partial charge in [-0.3, -0.25) is 28.8 Å². The standard InChI is InChI=1S/C21H33NO5Si.C19H37NO3Si.2C14H25NO4.C14H29NO3Si.C13H23NO3.C13H29NO2Si.C3H3O.U/c1-21(2,3)28(5,6)27-18-12-13-22(17(18)14-19(23)25-4)20(24)26-15-16-10-8-7-9-11-16;1-19(2,3)24(6,7)23-17-14-15-20(4)16(17)12-10-8-9-11-13-18(21)22-5;2*1-17-13(16)9-7-5-4-6-8-12-14(18-2,19-3)10-11-15-12;1-14(2,3)19(6,7)18-12-8-9-15(4)11(12)10-13(16)17-5;1-14-10-9-12(15)11(14)7-5-3-4-6-8-13(16)17-2;1-13(2,3)17(5,6)16-12-7-9-14(4)11(12)8-10-15;1-2-3-4;/h7-11,17-18H,12-15H2,1-6H3;8,10,16-17H,9,11-15H2,1-7H3;2*4,6,12,15H,5,7-11H2,1-3H3;11-12H,8-10H2,1-7H3;3,5,11-12,15H,4,6-10H2,1-2H3;11-12,15H,7-10H2,1-6H3;2H,1H2;/q;;;;;;;-1;/b;10-8-;2*6-4-;;5-3-;;;/t17-,18?;;12-;;11-,12?;;11-,12?;;/m0.0.0.0../s1. The Balaban J connectivity index is 0.00000170. The van der Waals surface area contributed by atoms with E-state index in [1.807, 2.05) is 37.4 Å². The molecule has 37 heteroatoms. The minimum Gasteiger partial charge on any atom is -0.469 e. The summed E-state index contributed by atoms with van der Waals surface area (Å²) in [6.45, 7) is 55.2. The first-order chi connectivity index (χ1) is 68.8. The largest absolute Gasteiger partial charge is 0.469 e. The van der Waals surface area contributed by atoms with Crippen molar-refractivity contribution in [3.05, 3.63) is 97.2 Å². The number of rotatable bonds is 45. The van der Waals surface area contributed by atoms with Crippen LogP contribution in [0.4, 0.5) is 4.79 Å².